The van der Waals surface area contributed by atoms with Gasteiger partial charge in [0.15, 0.2) is 5.78 Å². The number of carboxylic acids is 2. The zero-order chi connectivity index (χ0) is 105. The van der Waals surface area contributed by atoms with E-state index in [-0.39, 0.29) is 102 Å². The molecule has 0 radical (unpaired) electrons. The van der Waals surface area contributed by atoms with E-state index in [2.05, 4.69) is 52.5 Å². The molecule has 15 amide bonds. The lowest BCUT2D eigenvalue weighted by atomic mass is 9.90. The molecule has 0 spiro atoms. The average molecular weight is 2030 g/mol. The molecule has 43 nitrogen and oxygen atoms in total. The predicted octanol–water partition coefficient (Wildman–Crippen LogP) is 1.25. The first-order valence-electron chi connectivity index (χ1n) is 48.5. The maximum absolute atomic E-state index is 16.1. The SMILES string of the molecule is CCCC[C@H]1C(=O)N(C)[C@@H](CCCC)C(=O)N[C@@H](CC(C)C)C(=O)N[C@H](C(N)=O)C(C)(C)SCC(=O)N[C@@H](Cc2ccc(O)cc2)C(=O)N2CCCC[C@H]2C(=O)N[C@@H](CC(=O)O)C(=O)N2CCC[C@H]2C(=O)N[C@@H](CC2=CN=CC2)C(=O)N[C@@H](CCC(=O)O)C(=O)N2C[C@H](O)C[C@H]2C(=O)C[C@@H](Cc2c[nH]c3ccccc23)C(=O)N[C@@H](CCN)C(=O)N[C@@H](Cc2cn(CC(=O)NS(C)(=O)=O)c3ccccc23)C(=O)N1C. The second-order valence-electron chi connectivity index (χ2n) is 38.4. The summed E-state index contributed by atoms with van der Waals surface area (Å²) in [5, 5.41) is 65.3. The Labute approximate surface area is 833 Å². The number of phenolic OH excluding ortho intramolecular Hbond substituents is 1. The highest BCUT2D eigenvalue weighted by molar-refractivity contribution is 8.01. The van der Waals surface area contributed by atoms with Gasteiger partial charge in [-0.1, -0.05) is 102 Å². The number of Topliss-reactive ketones (excluding diaryl/α,β-unsaturated/α-hetero) is 1. The molecule has 5 aromatic rings. The van der Waals surface area contributed by atoms with Crippen molar-refractivity contribution in [2.24, 2.45) is 28.3 Å². The Kier molecular flexibility index (Phi) is 40.0. The Morgan fingerprint density at radius 3 is 1.81 bits per heavy atom. The van der Waals surface area contributed by atoms with Crippen LogP contribution in [0.15, 0.2) is 102 Å². The van der Waals surface area contributed by atoms with Crippen molar-refractivity contribution in [2.75, 3.05) is 52.3 Å². The van der Waals surface area contributed by atoms with E-state index in [1.165, 1.54) is 80.3 Å². The van der Waals surface area contributed by atoms with Gasteiger partial charge in [-0.2, -0.15) is 0 Å². The lowest BCUT2D eigenvalue weighted by molar-refractivity contribution is -0.149. The molecule has 0 bridgehead atoms. The number of carboxylic acid groups (broad SMARTS) is 2. The molecule has 5 aliphatic heterocycles. The molecule has 3 aromatic carbocycles. The summed E-state index contributed by atoms with van der Waals surface area (Å²) in [6.07, 6.45) is 2.46. The van der Waals surface area contributed by atoms with Crippen LogP contribution in [0.2, 0.25) is 0 Å². The monoisotopic (exact) mass is 2030 g/mol. The summed E-state index contributed by atoms with van der Waals surface area (Å²) in [6.45, 7) is 8.51. The van der Waals surface area contributed by atoms with E-state index in [4.69, 9.17) is 11.5 Å². The number of benzene rings is 3. The van der Waals surface area contributed by atoms with Gasteiger partial charge >= 0.3 is 11.9 Å². The highest BCUT2D eigenvalue weighted by atomic mass is 32.2. The van der Waals surface area contributed by atoms with Gasteiger partial charge in [-0.25, -0.2) is 8.42 Å². The normalized spacial score (nSPS) is 25.5. The number of aliphatic hydroxyl groups excluding tert-OH is 1. The van der Waals surface area contributed by atoms with Gasteiger partial charge in [0, 0.05) is 130 Å². The van der Waals surface area contributed by atoms with Crippen LogP contribution in [0.5, 0.6) is 5.75 Å². The number of H-pyrrole nitrogens is 1. The smallest absolute Gasteiger partial charge is 0.305 e. The molecule has 10 rings (SSSR count). The topological polar surface area (TPSA) is 632 Å². The van der Waals surface area contributed by atoms with Crippen molar-refractivity contribution in [1.29, 1.82) is 0 Å². The maximum atomic E-state index is 16.1. The number of aromatic hydroxyl groups is 1. The molecule has 0 aliphatic carbocycles. The van der Waals surface area contributed by atoms with Gasteiger partial charge in [-0.05, 0) is 150 Å². The second kappa shape index (κ2) is 51.2. The summed E-state index contributed by atoms with van der Waals surface area (Å²) < 4.78 is 26.6. The standard InChI is InChI=1S/C98H135N19O24S2/c1-10-12-24-74-90(132)106-68(41-55(3)4)89(131)110-84(85(100)127)98(5,6)142-54-81(122)103-70(42-56-29-31-61(118)32-30-56)95(137)115-39-19-18-27-75(115)92(134)109-72(48-83(125)126)96(138)116-40-20-28-76(116)91(133)107-69(43-57-36-38-101-49-57)88(130)105-67(33-34-82(123)124)94(136)117-52-62(119)47-78(117)79(120)46-58(44-59-50-102-65-23-16-14-21-63(59)65)86(128)104-66(35-37-99)87(129)108-71(93(135)113(8)77(25-13-11-2)97(139)112(74)7)45-60-51-114(53-80(121)111-143(9,140)141)73-26-17-15-22-64(60)73/h14-17,21-23,26,29-32,38,49-51,55,58,62,66-72,74-78,84,102,118-119H,10-13,18-20,24-25,27-28,33-37,39-48,52-54,99H2,1-9H3,(H2,100,127)(H,103,122)(H,104,128)(H,105,130)(H,106,132)(H,107,133)(H,108,129)(H,109,134)(H,110,131)(H,111,121)(H,123,124)(H,125,126)/t58-,62-,66+,67+,68+,69+,70+,71+,72+,74+,75+,76+,77+,78+,84-/m1/s1. The lowest BCUT2D eigenvalue weighted by Crippen LogP contribution is -2.62. The van der Waals surface area contributed by atoms with E-state index >= 15 is 57.5 Å². The van der Waals surface area contributed by atoms with E-state index in [9.17, 15) is 57.6 Å². The summed E-state index contributed by atoms with van der Waals surface area (Å²) in [6, 6.07) is -1.34. The fourth-order valence-electron chi connectivity index (χ4n) is 19.1. The van der Waals surface area contributed by atoms with Gasteiger partial charge in [0.25, 0.3) is 5.91 Å². The largest absolute Gasteiger partial charge is 0.508 e. The zero-order valence-electron chi connectivity index (χ0n) is 82.0. The highest BCUT2D eigenvalue weighted by Gasteiger charge is 2.49. The number of nitrogens with two attached hydrogens (primary N) is 2. The van der Waals surface area contributed by atoms with Crippen molar-refractivity contribution >= 4 is 156 Å². The lowest BCUT2D eigenvalue weighted by Gasteiger charge is -2.38. The first kappa shape index (κ1) is 112. The first-order valence-corrected chi connectivity index (χ1v) is 51.4. The van der Waals surface area contributed by atoms with Crippen molar-refractivity contribution in [2.45, 2.75) is 285 Å². The number of nitrogens with zero attached hydrogens (tertiary/aromatic N) is 7. The Hall–Kier alpha value is -13.2. The maximum Gasteiger partial charge on any atom is 0.305 e. The molecule has 15 atom stereocenters. The number of rotatable bonds is 27. The number of unbranched alkanes of at least 4 members (excludes halogenated alkanes) is 2. The van der Waals surface area contributed by atoms with Crippen LogP contribution in [0.4, 0.5) is 0 Å². The minimum absolute atomic E-state index is 0.00482. The van der Waals surface area contributed by atoms with Crippen molar-refractivity contribution in [3.63, 3.8) is 0 Å². The number of phenols is 1. The Morgan fingerprint density at radius 1 is 0.594 bits per heavy atom. The number of aliphatic imine (C=N–C) groups is 1. The van der Waals surface area contributed by atoms with E-state index in [0.717, 1.165) is 37.6 Å². The highest BCUT2D eigenvalue weighted by Crippen LogP contribution is 2.34. The molecule has 5 aliphatic rings. The van der Waals surface area contributed by atoms with Crippen molar-refractivity contribution < 1.29 is 115 Å². The zero-order valence-corrected chi connectivity index (χ0v) is 83.7. The number of aliphatic hydroxyl groups is 1. The van der Waals surface area contributed by atoms with E-state index in [1.807, 2.05) is 18.6 Å². The van der Waals surface area contributed by atoms with Gasteiger partial charge < -0.3 is 108 Å². The van der Waals surface area contributed by atoms with Crippen molar-refractivity contribution in [3.05, 3.63) is 114 Å². The number of aliphatic carboxylic acids is 2. The quantitative estimate of drug-likeness (QED) is 0.0352. The van der Waals surface area contributed by atoms with Crippen molar-refractivity contribution in [3.8, 4) is 5.75 Å². The molecule has 778 valence electrons. The van der Waals surface area contributed by atoms with Crippen LogP contribution in [0.3, 0.4) is 0 Å². The average Bonchev–Trinajstić information content (AvgIpc) is 1.77. The fourth-order valence-corrected chi connectivity index (χ4v) is 20.5. The number of piperidine rings is 1. The number of hydrogen-bond donors (Lipinski definition) is 16. The number of carbonyl (C=O) groups is 18. The Balaban J connectivity index is 1.05. The van der Waals surface area contributed by atoms with Crippen LogP contribution < -0.4 is 58.7 Å². The molecule has 18 N–H and O–H groups in total. The van der Waals surface area contributed by atoms with Gasteiger partial charge in [0.2, 0.25) is 92.7 Å². The number of aromatic nitrogens is 2. The summed E-state index contributed by atoms with van der Waals surface area (Å²) in [5.74, 6) is -20.4. The number of amides is 15. The molecular formula is C98H135N19O24S2. The number of sulfonamides is 1. The van der Waals surface area contributed by atoms with Gasteiger partial charge in [-0.3, -0.25) is 96.0 Å². The van der Waals surface area contributed by atoms with E-state index in [0.29, 0.717) is 82.6 Å². The number of para-hydroxylation sites is 2. The number of fused-ring (bicyclic) bond motifs is 5. The molecule has 4 fully saturated rings. The molecule has 2 aromatic heterocycles. The van der Waals surface area contributed by atoms with Crippen LogP contribution in [0.1, 0.15) is 187 Å². The number of thioether (sulfide) groups is 1. The number of likely N-dealkylation sites (N-methyl/N-ethyl adjacent to an activating group) is 2. The third kappa shape index (κ3) is 30.5. The molecule has 7 heterocycles. The summed E-state index contributed by atoms with van der Waals surface area (Å²) >= 11 is 0.845. The Bertz CT molecular complexity index is 5710. The number of nitrogens with one attached hydrogen (secondary N) is 10. The van der Waals surface area contributed by atoms with Gasteiger partial charge in [-0.15, -0.1) is 11.8 Å². The van der Waals surface area contributed by atoms with E-state index in [1.54, 1.807) is 68.6 Å². The third-order valence-corrected chi connectivity index (χ3v) is 28.6. The van der Waals surface area contributed by atoms with Crippen LogP contribution >= 0.6 is 11.8 Å². The molecular weight excluding hydrogens is 1890 g/mol. The number of ketones is 1. The molecule has 45 heteroatoms. The molecule has 0 unspecified atom stereocenters. The number of aromatic amines is 1. The molecule has 143 heavy (non-hydrogen) atoms. The third-order valence-electron chi connectivity index (χ3n) is 26.6. The van der Waals surface area contributed by atoms with Crippen LogP contribution in [0.25, 0.3) is 21.8 Å². The second-order valence-corrected chi connectivity index (χ2v) is 41.8. The molecule has 0 saturated carbocycles. The minimum Gasteiger partial charge on any atom is -0.508 e. The minimum atomic E-state index is -4.08. The molecule has 4 saturated heterocycles. The van der Waals surface area contributed by atoms with E-state index < -0.39 is 269 Å². The Morgan fingerprint density at radius 2 is 1.17 bits per heavy atom. The first-order chi connectivity index (χ1) is 67.8. The van der Waals surface area contributed by atoms with Crippen LogP contribution in [-0.2, 0) is 122 Å². The predicted molar refractivity (Wildman–Crippen MR) is 527 cm³/mol. The van der Waals surface area contributed by atoms with Gasteiger partial charge in [0.1, 0.15) is 84.8 Å². The fraction of sp³-hybridized carbons (Fsp3) is 0.561. The summed E-state index contributed by atoms with van der Waals surface area (Å²) in [4.78, 5) is 280. The van der Waals surface area contributed by atoms with Crippen LogP contribution in [0, 0.1) is 11.8 Å². The summed E-state index contributed by atoms with van der Waals surface area (Å²) in [7, 11) is -1.40. The van der Waals surface area contributed by atoms with Gasteiger partial charge in [0.05, 0.1) is 30.6 Å². The summed E-state index contributed by atoms with van der Waals surface area (Å²) in [5.41, 5.74) is 15.1. The van der Waals surface area contributed by atoms with Crippen LogP contribution in [-0.4, -0.2) is 317 Å². The number of carbonyl (C=O) groups excluding carboxylic acids is 16. The van der Waals surface area contributed by atoms with Crippen molar-refractivity contribution in [1.82, 2.24) is 81.3 Å². The number of hydrogen-bond acceptors (Lipinski definition) is 25. The number of primary amides is 1.